The lowest BCUT2D eigenvalue weighted by Gasteiger charge is -2.33. The summed E-state index contributed by atoms with van der Waals surface area (Å²) >= 11 is 0. The number of amides is 2. The third kappa shape index (κ3) is 4.22. The molecule has 1 aromatic rings. The largest absolute Gasteiger partial charge is 0.379 e. The maximum atomic E-state index is 12.3. The number of likely N-dealkylation sites (tertiary alicyclic amines) is 1. The van der Waals surface area contributed by atoms with Gasteiger partial charge in [-0.25, -0.2) is 4.79 Å². The van der Waals surface area contributed by atoms with Gasteiger partial charge < -0.3 is 15.0 Å². The van der Waals surface area contributed by atoms with Crippen LogP contribution in [0.3, 0.4) is 0 Å². The van der Waals surface area contributed by atoms with Crippen molar-refractivity contribution in [3.05, 3.63) is 18.0 Å². The zero-order valence-electron chi connectivity index (χ0n) is 14.1. The number of carbonyl (C=O) groups is 1. The monoisotopic (exact) mass is 308 g/mol. The first-order chi connectivity index (χ1) is 10.4. The van der Waals surface area contributed by atoms with E-state index in [0.29, 0.717) is 12.5 Å². The molecule has 0 aliphatic carbocycles. The molecular weight excluding hydrogens is 280 g/mol. The molecule has 1 saturated heterocycles. The second-order valence-electron chi connectivity index (χ2n) is 7.05. The summed E-state index contributed by atoms with van der Waals surface area (Å²) in [6, 6.07) is 2.03. The van der Waals surface area contributed by atoms with Crippen molar-refractivity contribution < 1.29 is 9.53 Å². The highest BCUT2D eigenvalue weighted by Crippen LogP contribution is 2.26. The van der Waals surface area contributed by atoms with Crippen LogP contribution in [0.2, 0.25) is 0 Å². The quantitative estimate of drug-likeness (QED) is 0.897. The summed E-state index contributed by atoms with van der Waals surface area (Å²) in [7, 11) is 1.69. The van der Waals surface area contributed by atoms with Crippen LogP contribution in [0.25, 0.3) is 0 Å². The van der Waals surface area contributed by atoms with Crippen molar-refractivity contribution in [2.45, 2.75) is 45.6 Å². The number of aromatic nitrogens is 2. The maximum Gasteiger partial charge on any atom is 0.317 e. The van der Waals surface area contributed by atoms with E-state index >= 15 is 0 Å². The molecule has 2 heterocycles. The molecule has 0 unspecified atom stereocenters. The number of ether oxygens (including phenoxy) is 1. The van der Waals surface area contributed by atoms with Gasteiger partial charge in [0.2, 0.25) is 0 Å². The van der Waals surface area contributed by atoms with Gasteiger partial charge in [-0.2, -0.15) is 5.10 Å². The molecule has 0 spiro atoms. The van der Waals surface area contributed by atoms with Crippen LogP contribution in [-0.2, 0) is 4.74 Å². The molecule has 2 N–H and O–H groups in total. The zero-order chi connectivity index (χ0) is 16.2. The summed E-state index contributed by atoms with van der Waals surface area (Å²) in [5.41, 5.74) is 1.18. The van der Waals surface area contributed by atoms with Gasteiger partial charge in [0.25, 0.3) is 0 Å². The van der Waals surface area contributed by atoms with Gasteiger partial charge in [-0.15, -0.1) is 0 Å². The second kappa shape index (κ2) is 7.13. The number of nitrogens with zero attached hydrogens (tertiary/aromatic N) is 2. The van der Waals surface area contributed by atoms with Crippen molar-refractivity contribution in [2.24, 2.45) is 5.41 Å². The maximum absolute atomic E-state index is 12.3. The number of hydrogen-bond acceptors (Lipinski definition) is 3. The van der Waals surface area contributed by atoms with Crippen LogP contribution in [-0.4, -0.2) is 54.0 Å². The van der Waals surface area contributed by atoms with E-state index in [2.05, 4.69) is 36.3 Å². The number of hydrogen-bond donors (Lipinski definition) is 2. The van der Waals surface area contributed by atoms with E-state index in [1.807, 2.05) is 11.0 Å². The Morgan fingerprint density at radius 3 is 2.68 bits per heavy atom. The minimum Gasteiger partial charge on any atom is -0.379 e. The van der Waals surface area contributed by atoms with E-state index in [0.717, 1.165) is 25.9 Å². The second-order valence-corrected chi connectivity index (χ2v) is 7.05. The van der Waals surface area contributed by atoms with Gasteiger partial charge in [0.05, 0.1) is 6.10 Å². The number of H-pyrrole nitrogens is 1. The number of nitrogens with one attached hydrogen (secondary N) is 2. The predicted molar refractivity (Wildman–Crippen MR) is 85.8 cm³/mol. The first-order valence-electron chi connectivity index (χ1n) is 7.96. The standard InChI is InChI=1S/C16H28N4O2/c1-16(2,3)14(22-4)11-17-15(21)20-9-6-12(7-10-20)13-5-8-18-19-13/h5,8,12,14H,6-7,9-11H2,1-4H3,(H,17,21)(H,18,19)/t14-/m1/s1. The van der Waals surface area contributed by atoms with Crippen LogP contribution in [0.4, 0.5) is 4.79 Å². The third-order valence-corrected chi connectivity index (χ3v) is 4.43. The topological polar surface area (TPSA) is 70.2 Å². The lowest BCUT2D eigenvalue weighted by molar-refractivity contribution is 0.0184. The molecule has 6 nitrogen and oxygen atoms in total. The SMILES string of the molecule is CO[C@H](CNC(=O)N1CCC(c2ccn[nH]2)CC1)C(C)(C)C. The Hall–Kier alpha value is -1.56. The zero-order valence-corrected chi connectivity index (χ0v) is 14.1. The van der Waals surface area contributed by atoms with Crippen molar-refractivity contribution in [2.75, 3.05) is 26.7 Å². The van der Waals surface area contributed by atoms with Crippen LogP contribution in [0.5, 0.6) is 0 Å². The Morgan fingerprint density at radius 1 is 1.50 bits per heavy atom. The predicted octanol–water partition coefficient (Wildman–Crippen LogP) is 2.36. The van der Waals surface area contributed by atoms with Crippen molar-refractivity contribution in [1.29, 1.82) is 0 Å². The summed E-state index contributed by atoms with van der Waals surface area (Å²) in [5.74, 6) is 0.479. The molecule has 0 aromatic carbocycles. The Kier molecular flexibility index (Phi) is 5.45. The smallest absolute Gasteiger partial charge is 0.317 e. The van der Waals surface area contributed by atoms with E-state index in [1.165, 1.54) is 5.69 Å². The number of carbonyl (C=O) groups excluding carboxylic acids is 1. The van der Waals surface area contributed by atoms with Gasteiger partial charge in [-0.3, -0.25) is 5.10 Å². The molecule has 0 radical (unpaired) electrons. The van der Waals surface area contributed by atoms with Gasteiger partial charge in [-0.05, 0) is 24.3 Å². The molecule has 1 aliphatic rings. The van der Waals surface area contributed by atoms with Crippen LogP contribution in [0, 0.1) is 5.41 Å². The third-order valence-electron chi connectivity index (χ3n) is 4.43. The van der Waals surface area contributed by atoms with E-state index in [1.54, 1.807) is 13.3 Å². The van der Waals surface area contributed by atoms with Gasteiger partial charge >= 0.3 is 6.03 Å². The summed E-state index contributed by atoms with van der Waals surface area (Å²) in [5, 5.41) is 10.0. The van der Waals surface area contributed by atoms with E-state index in [9.17, 15) is 4.79 Å². The van der Waals surface area contributed by atoms with Gasteiger partial charge in [0, 0.05) is 44.6 Å². The number of rotatable bonds is 4. The van der Waals surface area contributed by atoms with Crippen LogP contribution in [0.1, 0.15) is 45.2 Å². The summed E-state index contributed by atoms with van der Waals surface area (Å²) < 4.78 is 5.47. The first kappa shape index (κ1) is 16.8. The van der Waals surface area contributed by atoms with Crippen LogP contribution >= 0.6 is 0 Å². The highest BCUT2D eigenvalue weighted by Gasteiger charge is 2.27. The minimum absolute atomic E-state index is 0.00867. The number of aromatic amines is 1. The van der Waals surface area contributed by atoms with Gasteiger partial charge in [0.15, 0.2) is 0 Å². The highest BCUT2D eigenvalue weighted by molar-refractivity contribution is 5.74. The Labute approximate surface area is 132 Å². The molecule has 0 bridgehead atoms. The van der Waals surface area contributed by atoms with Gasteiger partial charge in [-0.1, -0.05) is 20.8 Å². The average Bonchev–Trinajstić information content (AvgIpc) is 3.00. The average molecular weight is 308 g/mol. The van der Waals surface area contributed by atoms with Crippen molar-refractivity contribution in [3.63, 3.8) is 0 Å². The molecule has 2 rings (SSSR count). The molecule has 1 fully saturated rings. The molecule has 2 amide bonds. The molecule has 124 valence electrons. The van der Waals surface area contributed by atoms with E-state index in [-0.39, 0.29) is 17.6 Å². The minimum atomic E-state index is 0.00867. The van der Waals surface area contributed by atoms with Crippen molar-refractivity contribution in [3.8, 4) is 0 Å². The Balaban J connectivity index is 1.78. The normalized spacial score (nSPS) is 18.3. The molecular formula is C16H28N4O2. The Bertz CT molecular complexity index is 459. The number of urea groups is 1. The van der Waals surface area contributed by atoms with Crippen LogP contribution in [0.15, 0.2) is 12.3 Å². The number of methoxy groups -OCH3 is 1. The fraction of sp³-hybridized carbons (Fsp3) is 0.750. The summed E-state index contributed by atoms with van der Waals surface area (Å²) in [4.78, 5) is 14.2. The summed E-state index contributed by atoms with van der Waals surface area (Å²) in [6.45, 7) is 8.44. The van der Waals surface area contributed by atoms with Crippen molar-refractivity contribution >= 4 is 6.03 Å². The van der Waals surface area contributed by atoms with Crippen LogP contribution < -0.4 is 5.32 Å². The summed E-state index contributed by atoms with van der Waals surface area (Å²) in [6.07, 6.45) is 3.75. The molecule has 0 saturated carbocycles. The molecule has 1 atom stereocenters. The lowest BCUT2D eigenvalue weighted by Crippen LogP contribution is -2.48. The highest BCUT2D eigenvalue weighted by atomic mass is 16.5. The molecule has 1 aliphatic heterocycles. The van der Waals surface area contributed by atoms with E-state index in [4.69, 9.17) is 4.74 Å². The lowest BCUT2D eigenvalue weighted by atomic mass is 9.89. The fourth-order valence-electron chi connectivity index (χ4n) is 2.92. The van der Waals surface area contributed by atoms with Crippen molar-refractivity contribution in [1.82, 2.24) is 20.4 Å². The first-order valence-corrected chi connectivity index (χ1v) is 7.96. The molecule has 6 heteroatoms. The van der Waals surface area contributed by atoms with Gasteiger partial charge in [0.1, 0.15) is 0 Å². The number of piperidine rings is 1. The van der Waals surface area contributed by atoms with E-state index < -0.39 is 0 Å². The fourth-order valence-corrected chi connectivity index (χ4v) is 2.92. The Morgan fingerprint density at radius 2 is 2.18 bits per heavy atom. The molecule has 1 aromatic heterocycles. The molecule has 22 heavy (non-hydrogen) atoms.